The first-order valence-corrected chi connectivity index (χ1v) is 43.7. The molecule has 7 heterocycles. The van der Waals surface area contributed by atoms with E-state index in [9.17, 15) is 0 Å². The van der Waals surface area contributed by atoms with Gasteiger partial charge in [-0.2, -0.15) is 0 Å². The van der Waals surface area contributed by atoms with Crippen molar-refractivity contribution < 1.29 is 4.74 Å². The monoisotopic (exact) mass is 1600 g/mol. The number of allylic oxidation sites excluding steroid dienone is 1. The molecule has 0 bridgehead atoms. The Bertz CT molecular complexity index is 7960. The second-order valence-corrected chi connectivity index (χ2v) is 36.2. The third kappa shape index (κ3) is 11.5. The largest absolute Gasteiger partial charge is 0.456 e. The summed E-state index contributed by atoms with van der Waals surface area (Å²) in [5.74, 6) is 1.78. The van der Waals surface area contributed by atoms with Gasteiger partial charge in [-0.1, -0.05) is 327 Å². The molecular formula is C115H80N4OS2. The first kappa shape index (κ1) is 72.9. The number of pyridine rings is 4. The molecule has 0 radical (unpaired) electrons. The minimum Gasteiger partial charge on any atom is -0.456 e. The van der Waals surface area contributed by atoms with Crippen LogP contribution in [0.4, 0.5) is 0 Å². The van der Waals surface area contributed by atoms with Gasteiger partial charge in [0.05, 0.1) is 22.6 Å². The maximum Gasteiger partial charge on any atom is 0.135 e. The lowest BCUT2D eigenvalue weighted by atomic mass is 9.74. The Morgan fingerprint density at radius 3 is 1.45 bits per heavy atom. The van der Waals surface area contributed by atoms with E-state index in [4.69, 9.17) is 19.7 Å². The van der Waals surface area contributed by atoms with Gasteiger partial charge in [0.2, 0.25) is 0 Å². The lowest BCUT2D eigenvalue weighted by Crippen LogP contribution is -2.20. The number of aromatic nitrogens is 4. The molecular weight excluding hydrogens is 1520 g/mol. The van der Waals surface area contributed by atoms with Gasteiger partial charge in [0.15, 0.2) is 0 Å². The number of thiophene rings is 2. The van der Waals surface area contributed by atoms with Crippen molar-refractivity contribution in [3.8, 4) is 111 Å². The zero-order chi connectivity index (χ0) is 81.7. The van der Waals surface area contributed by atoms with E-state index in [0.717, 1.165) is 72.9 Å². The Hall–Kier alpha value is -14.3. The van der Waals surface area contributed by atoms with Crippen molar-refractivity contribution in [1.29, 1.82) is 0 Å². The minimum atomic E-state index is -0.222. The van der Waals surface area contributed by atoms with Crippen LogP contribution in [-0.4, -0.2) is 19.9 Å². The van der Waals surface area contributed by atoms with Gasteiger partial charge in [-0.3, -0.25) is 15.0 Å². The van der Waals surface area contributed by atoms with Crippen LogP contribution in [0.5, 0.6) is 11.5 Å². The fraction of sp³-hybridized carbons (Fsp3) is 0.0783. The predicted molar refractivity (Wildman–Crippen MR) is 514 cm³/mol. The van der Waals surface area contributed by atoms with Crippen LogP contribution in [0.3, 0.4) is 0 Å². The van der Waals surface area contributed by atoms with E-state index < -0.39 is 0 Å². The summed E-state index contributed by atoms with van der Waals surface area (Å²) < 4.78 is 9.28. The van der Waals surface area contributed by atoms with Gasteiger partial charge in [-0.25, -0.2) is 4.98 Å². The molecule has 4 aliphatic rings. The van der Waals surface area contributed by atoms with Gasteiger partial charge in [0.25, 0.3) is 0 Å². The summed E-state index contributed by atoms with van der Waals surface area (Å²) in [4.78, 5) is 22.0. The molecule has 6 aromatic heterocycles. The van der Waals surface area contributed by atoms with Crippen LogP contribution in [0.15, 0.2) is 377 Å². The second-order valence-electron chi connectivity index (χ2n) is 34.1. The minimum absolute atomic E-state index is 0.0891. The fourth-order valence-electron chi connectivity index (χ4n) is 20.5. The summed E-state index contributed by atoms with van der Waals surface area (Å²) >= 11 is 3.84. The molecule has 5 nitrogen and oxygen atoms in total. The Kier molecular flexibility index (Phi) is 17.0. The van der Waals surface area contributed by atoms with Gasteiger partial charge in [0, 0.05) is 143 Å². The highest BCUT2D eigenvalue weighted by molar-refractivity contribution is 7.24. The molecule has 0 unspecified atom stereocenters. The molecule has 0 amide bonds. The molecule has 122 heavy (non-hydrogen) atoms. The molecule has 578 valence electrons. The molecule has 0 spiro atoms. The SMILES string of the molecule is CC1(C)C2=C(c3cc(-c4nc5ccccc5c5ccccc45)ccc3Oc3ccccc32)c2ccccc21.CC1(C)c2ccc(-c3nccc4ccccc34)cc2-c2sc3ccccc3c2-c2cc(-c3nccc4ccccc34)ccc21.CC1(C)c2ccccc2-c2sc3c(-c4cccc5c(-c6cccnc6)cccc45)cccc3c2-c2ccccc21. The fourth-order valence-corrected chi connectivity index (χ4v) is 23.1. The number of hydrogen-bond acceptors (Lipinski definition) is 7. The summed E-state index contributed by atoms with van der Waals surface area (Å²) in [5, 5.41) is 13.5. The highest BCUT2D eigenvalue weighted by atomic mass is 32.1. The molecule has 25 rings (SSSR count). The predicted octanol–water partition coefficient (Wildman–Crippen LogP) is 31.5. The Morgan fingerprint density at radius 1 is 0.270 bits per heavy atom. The molecule has 0 fully saturated rings. The average molecular weight is 1600 g/mol. The van der Waals surface area contributed by atoms with Crippen LogP contribution in [0.25, 0.3) is 184 Å². The zero-order valence-electron chi connectivity index (χ0n) is 68.3. The van der Waals surface area contributed by atoms with Crippen molar-refractivity contribution in [3.05, 3.63) is 421 Å². The van der Waals surface area contributed by atoms with Crippen molar-refractivity contribution in [2.75, 3.05) is 0 Å². The van der Waals surface area contributed by atoms with E-state index in [1.54, 1.807) is 0 Å². The lowest BCUT2D eigenvalue weighted by molar-refractivity contribution is 0.480. The third-order valence-corrected chi connectivity index (χ3v) is 28.7. The quantitative estimate of drug-likeness (QED) is 0.161. The van der Waals surface area contributed by atoms with E-state index in [-0.39, 0.29) is 16.2 Å². The number of para-hydroxylation sites is 2. The van der Waals surface area contributed by atoms with Crippen molar-refractivity contribution in [2.24, 2.45) is 0 Å². The van der Waals surface area contributed by atoms with Gasteiger partial charge < -0.3 is 4.74 Å². The van der Waals surface area contributed by atoms with Gasteiger partial charge >= 0.3 is 0 Å². The number of ether oxygens (including phenoxy) is 1. The summed E-state index contributed by atoms with van der Waals surface area (Å²) in [7, 11) is 0. The molecule has 0 N–H and O–H groups in total. The molecule has 0 saturated heterocycles. The van der Waals surface area contributed by atoms with E-state index >= 15 is 0 Å². The maximum atomic E-state index is 6.63. The Labute approximate surface area is 717 Å². The standard InChI is InChI=1S/C41H28N2S.C38H27NS.C36H25NO/c1-41(2)34-17-15-27(38-29-11-5-3-9-25(29)19-21-42-38)23-32(34)37-31-13-7-8-14-36(31)44-40(37)33-24-28(16-18-35(33)41)39-30-12-6-4-10-26(30)20-22-43-39;1-38(2)33-20-5-3-12-30(33)35-32-19-9-18-29(36(32)40-37(35)31-13-4-6-21-34(31)38)28-17-8-15-26-25(14-7-16-27(26)28)24-11-10-22-39-23-24;1-36(2)29-16-8-5-14-26(29)33-28-21-22(19-20-32(28)38-31-18-10-7-15-27(31)34(33)36)35-25-13-4-3-11-23(25)24-12-6-9-17-30(24)37-35/h3-24H,1-2H3;3-23H,1-2H3;3-21H,1-2H3. The van der Waals surface area contributed by atoms with Gasteiger partial charge in [-0.15, -0.1) is 22.7 Å². The van der Waals surface area contributed by atoms with E-state index in [1.165, 1.54) is 168 Å². The normalized spacial score (nSPS) is 13.9. The summed E-state index contributed by atoms with van der Waals surface area (Å²) in [6, 6.07) is 127. The number of hydrogen-bond donors (Lipinski definition) is 0. The van der Waals surface area contributed by atoms with E-state index in [0.29, 0.717) is 0 Å². The highest BCUT2D eigenvalue weighted by Crippen LogP contribution is 2.61. The van der Waals surface area contributed by atoms with Crippen LogP contribution in [0, 0.1) is 0 Å². The molecule has 15 aromatic carbocycles. The summed E-state index contributed by atoms with van der Waals surface area (Å²) in [6.07, 6.45) is 7.64. The number of benzene rings is 15. The maximum absolute atomic E-state index is 6.63. The molecule has 3 aliphatic carbocycles. The first-order chi connectivity index (χ1) is 59.8. The highest BCUT2D eigenvalue weighted by Gasteiger charge is 2.43. The van der Waals surface area contributed by atoms with Gasteiger partial charge in [0.1, 0.15) is 11.5 Å². The van der Waals surface area contributed by atoms with Crippen molar-refractivity contribution in [3.63, 3.8) is 0 Å². The zero-order valence-corrected chi connectivity index (χ0v) is 69.9. The number of rotatable bonds is 5. The number of nitrogens with zero attached hydrogens (tertiary/aromatic N) is 4. The molecule has 1 aliphatic heterocycles. The summed E-state index contributed by atoms with van der Waals surface area (Å²) in [5.41, 5.74) is 32.8. The average Bonchev–Trinajstić information content (AvgIpc) is 1.55. The first-order valence-electron chi connectivity index (χ1n) is 42.0. The molecule has 21 aromatic rings. The lowest BCUT2D eigenvalue weighted by Gasteiger charge is -2.29. The van der Waals surface area contributed by atoms with Crippen LogP contribution >= 0.6 is 22.7 Å². The van der Waals surface area contributed by atoms with Crippen LogP contribution < -0.4 is 4.74 Å². The van der Waals surface area contributed by atoms with Crippen LogP contribution in [0.2, 0.25) is 0 Å². The second kappa shape index (κ2) is 28.4. The topological polar surface area (TPSA) is 60.8 Å². The number of fused-ring (bicyclic) bond motifs is 26. The van der Waals surface area contributed by atoms with Crippen LogP contribution in [-0.2, 0) is 16.2 Å². The Balaban J connectivity index is 0.000000107. The van der Waals surface area contributed by atoms with Gasteiger partial charge in [-0.05, 0) is 172 Å². The molecule has 0 atom stereocenters. The Morgan fingerprint density at radius 2 is 0.746 bits per heavy atom. The third-order valence-electron chi connectivity index (χ3n) is 26.3. The van der Waals surface area contributed by atoms with Crippen molar-refractivity contribution in [2.45, 2.75) is 57.8 Å². The molecule has 0 saturated carbocycles. The van der Waals surface area contributed by atoms with Crippen molar-refractivity contribution in [1.82, 2.24) is 19.9 Å². The summed E-state index contributed by atoms with van der Waals surface area (Å²) in [6.45, 7) is 14.1. The van der Waals surface area contributed by atoms with Crippen LogP contribution in [0.1, 0.15) is 86.1 Å². The van der Waals surface area contributed by atoms with Crippen molar-refractivity contribution >= 4 is 108 Å². The van der Waals surface area contributed by atoms with E-state index in [1.807, 2.05) is 53.5 Å². The molecule has 7 heteroatoms. The van der Waals surface area contributed by atoms with E-state index in [2.05, 4.69) is 392 Å². The smallest absolute Gasteiger partial charge is 0.135 e.